The maximum absolute atomic E-state index is 10.0. The van der Waals surface area contributed by atoms with Gasteiger partial charge in [-0.05, 0) is 85.5 Å². The summed E-state index contributed by atoms with van der Waals surface area (Å²) in [6, 6.07) is 0. The van der Waals surface area contributed by atoms with Gasteiger partial charge in [0, 0.05) is 0 Å². The highest BCUT2D eigenvalue weighted by Crippen LogP contribution is 2.66. The molecule has 1 heteroatoms. The molecule has 0 aromatic rings. The molecule has 1 nitrogen and oxygen atoms in total. The second kappa shape index (κ2) is 4.86. The van der Waals surface area contributed by atoms with Crippen molar-refractivity contribution in [3.05, 3.63) is 29.5 Å². The van der Waals surface area contributed by atoms with Gasteiger partial charge >= 0.3 is 0 Å². The summed E-state index contributed by atoms with van der Waals surface area (Å²) in [6.45, 7) is 8.97. The summed E-state index contributed by atoms with van der Waals surface area (Å²) >= 11 is 0. The Balaban J connectivity index is 1.70. The van der Waals surface area contributed by atoms with Crippen molar-refractivity contribution in [3.8, 4) is 0 Å². The molecule has 0 amide bonds. The number of allylic oxidation sites excluding steroid dienone is 2. The Morgan fingerprint density at radius 3 is 2.55 bits per heavy atom. The molecule has 0 saturated heterocycles. The van der Waals surface area contributed by atoms with Crippen LogP contribution < -0.4 is 0 Å². The third-order valence-corrected chi connectivity index (χ3v) is 8.09. The van der Waals surface area contributed by atoms with Crippen LogP contribution in [0.2, 0.25) is 0 Å². The van der Waals surface area contributed by atoms with Gasteiger partial charge in [-0.2, -0.15) is 0 Å². The molecule has 6 atom stereocenters. The van der Waals surface area contributed by atoms with E-state index in [0.717, 1.165) is 24.2 Å². The summed E-state index contributed by atoms with van der Waals surface area (Å²) in [4.78, 5) is 0. The maximum Gasteiger partial charge on any atom is 0.0724 e. The number of rotatable bonds is 0. The molecule has 4 aliphatic rings. The van der Waals surface area contributed by atoms with Gasteiger partial charge < -0.3 is 5.11 Å². The van der Waals surface area contributed by atoms with Crippen molar-refractivity contribution in [2.45, 2.75) is 71.3 Å². The zero-order valence-corrected chi connectivity index (χ0v) is 14.2. The molecule has 4 rings (SSSR count). The van der Waals surface area contributed by atoms with Crippen molar-refractivity contribution in [2.75, 3.05) is 0 Å². The van der Waals surface area contributed by atoms with Gasteiger partial charge in [0.25, 0.3) is 0 Å². The lowest BCUT2D eigenvalue weighted by atomic mass is 9.47. The van der Waals surface area contributed by atoms with Crippen LogP contribution in [0, 0.1) is 28.6 Å². The first-order valence-electron chi connectivity index (χ1n) is 9.27. The molecule has 0 spiro atoms. The summed E-state index contributed by atoms with van der Waals surface area (Å²) in [6.07, 6.45) is 12.0. The quantitative estimate of drug-likeness (QED) is 0.491. The first-order chi connectivity index (χ1) is 10.5. The largest absolute Gasteiger partial charge is 0.389 e. The summed E-state index contributed by atoms with van der Waals surface area (Å²) < 4.78 is 0. The monoisotopic (exact) mass is 298 g/mol. The van der Waals surface area contributed by atoms with Crippen molar-refractivity contribution >= 4 is 0 Å². The normalized spacial score (nSPS) is 50.5. The minimum atomic E-state index is -0.185. The first-order valence-corrected chi connectivity index (χ1v) is 9.27. The zero-order chi connectivity index (χ0) is 15.5. The number of fused-ring (bicyclic) bond motifs is 5. The van der Waals surface area contributed by atoms with Crippen molar-refractivity contribution in [2.24, 2.45) is 28.6 Å². The molecule has 22 heavy (non-hydrogen) atoms. The van der Waals surface area contributed by atoms with Crippen LogP contribution >= 0.6 is 0 Å². The lowest BCUT2D eigenvalue weighted by molar-refractivity contribution is -0.0313. The van der Waals surface area contributed by atoms with Crippen molar-refractivity contribution in [1.29, 1.82) is 0 Å². The Bertz CT molecular complexity index is 566. The number of aliphatic hydroxyl groups is 1. The molecule has 0 radical (unpaired) electrons. The number of hydrogen-bond donors (Lipinski definition) is 1. The average Bonchev–Trinajstić information content (AvgIpc) is 2.84. The van der Waals surface area contributed by atoms with E-state index < -0.39 is 0 Å². The van der Waals surface area contributed by atoms with Crippen LogP contribution in [0.15, 0.2) is 29.5 Å². The van der Waals surface area contributed by atoms with E-state index in [1.165, 1.54) is 50.5 Å². The van der Waals surface area contributed by atoms with Crippen LogP contribution in [0.25, 0.3) is 0 Å². The molecule has 0 aromatic heterocycles. The average molecular weight is 298 g/mol. The molecule has 3 unspecified atom stereocenters. The van der Waals surface area contributed by atoms with Gasteiger partial charge in [-0.3, -0.25) is 0 Å². The SMILES string of the molecule is C=C=C1CCC2C3CCC4=C[C@H](O)CC[C@]4(C)C3CC[C@]12C. The third-order valence-electron chi connectivity index (χ3n) is 8.09. The van der Waals surface area contributed by atoms with Gasteiger partial charge in [0.2, 0.25) is 0 Å². The Kier molecular flexibility index (Phi) is 3.26. The molecular weight excluding hydrogens is 268 g/mol. The van der Waals surface area contributed by atoms with Gasteiger partial charge in [-0.1, -0.05) is 32.1 Å². The van der Waals surface area contributed by atoms with E-state index in [9.17, 15) is 5.11 Å². The molecule has 4 aliphatic carbocycles. The standard InChI is InChI=1S/C21H30O/c1-4-14-6-8-18-17-7-5-15-13-16(22)9-11-21(15,3)19(17)10-12-20(14,18)2/h13,16-19,22H,1,5-12H2,2-3H3/t16-,17?,18?,19?,20-,21+/m1/s1. The van der Waals surface area contributed by atoms with Gasteiger partial charge in [0.1, 0.15) is 0 Å². The molecule has 3 saturated carbocycles. The number of aliphatic hydroxyl groups excluding tert-OH is 1. The Hall–Kier alpha value is -0.780. The second-order valence-corrected chi connectivity index (χ2v) is 8.78. The summed E-state index contributed by atoms with van der Waals surface area (Å²) in [5.74, 6) is 2.56. The fourth-order valence-corrected chi connectivity index (χ4v) is 6.81. The molecule has 1 N–H and O–H groups in total. The van der Waals surface area contributed by atoms with Crippen molar-refractivity contribution in [1.82, 2.24) is 0 Å². The lowest BCUT2D eigenvalue weighted by Crippen LogP contribution is -2.49. The fraction of sp³-hybridized carbons (Fsp3) is 0.762. The lowest BCUT2D eigenvalue weighted by Gasteiger charge is -2.57. The van der Waals surface area contributed by atoms with Crippen molar-refractivity contribution < 1.29 is 5.11 Å². The second-order valence-electron chi connectivity index (χ2n) is 8.78. The third kappa shape index (κ3) is 1.82. The van der Waals surface area contributed by atoms with E-state index in [0.29, 0.717) is 10.8 Å². The van der Waals surface area contributed by atoms with Gasteiger partial charge in [0.15, 0.2) is 0 Å². The van der Waals surface area contributed by atoms with Crippen molar-refractivity contribution in [3.63, 3.8) is 0 Å². The van der Waals surface area contributed by atoms with Crippen LogP contribution in [0.1, 0.15) is 65.2 Å². The number of hydrogen-bond acceptors (Lipinski definition) is 1. The molecule has 0 aliphatic heterocycles. The van der Waals surface area contributed by atoms with E-state index in [-0.39, 0.29) is 6.10 Å². The smallest absolute Gasteiger partial charge is 0.0724 e. The summed E-state index contributed by atoms with van der Waals surface area (Å²) in [5.41, 5.74) is 7.13. The van der Waals surface area contributed by atoms with Crippen LogP contribution in [0.4, 0.5) is 0 Å². The van der Waals surface area contributed by atoms with E-state index in [1.54, 1.807) is 5.57 Å². The molecule has 0 heterocycles. The summed E-state index contributed by atoms with van der Waals surface area (Å²) in [5, 5.41) is 10.0. The maximum atomic E-state index is 10.0. The predicted octanol–water partition coefficient (Wildman–Crippen LogP) is 5.02. The molecule has 3 fully saturated rings. The fourth-order valence-electron chi connectivity index (χ4n) is 6.81. The topological polar surface area (TPSA) is 20.2 Å². The van der Waals surface area contributed by atoms with E-state index in [4.69, 9.17) is 0 Å². The first kappa shape index (κ1) is 14.8. The highest BCUT2D eigenvalue weighted by atomic mass is 16.3. The summed E-state index contributed by atoms with van der Waals surface area (Å²) in [7, 11) is 0. The molecule has 0 aromatic carbocycles. The van der Waals surface area contributed by atoms with E-state index in [2.05, 4.69) is 32.2 Å². The minimum absolute atomic E-state index is 0.185. The van der Waals surface area contributed by atoms with E-state index >= 15 is 0 Å². The molecule has 0 bridgehead atoms. The minimum Gasteiger partial charge on any atom is -0.389 e. The highest BCUT2D eigenvalue weighted by molar-refractivity contribution is 5.28. The Labute approximate surface area is 135 Å². The van der Waals surface area contributed by atoms with Gasteiger partial charge in [0.05, 0.1) is 6.10 Å². The zero-order valence-electron chi connectivity index (χ0n) is 14.2. The Morgan fingerprint density at radius 2 is 1.77 bits per heavy atom. The van der Waals surface area contributed by atoms with Gasteiger partial charge in [-0.15, -0.1) is 5.73 Å². The molecular formula is C21H30O. The van der Waals surface area contributed by atoms with Crippen LogP contribution in [0.5, 0.6) is 0 Å². The predicted molar refractivity (Wildman–Crippen MR) is 90.4 cm³/mol. The van der Waals surface area contributed by atoms with E-state index in [1.807, 2.05) is 0 Å². The van der Waals surface area contributed by atoms with Crippen LogP contribution in [-0.4, -0.2) is 11.2 Å². The van der Waals surface area contributed by atoms with Crippen LogP contribution in [0.3, 0.4) is 0 Å². The highest BCUT2D eigenvalue weighted by Gasteiger charge is 2.57. The Morgan fingerprint density at radius 1 is 1.05 bits per heavy atom. The van der Waals surface area contributed by atoms with Gasteiger partial charge in [-0.25, -0.2) is 0 Å². The molecule has 120 valence electrons. The van der Waals surface area contributed by atoms with Crippen LogP contribution in [-0.2, 0) is 0 Å².